The van der Waals surface area contributed by atoms with Gasteiger partial charge in [0, 0.05) is 17.0 Å². The van der Waals surface area contributed by atoms with Gasteiger partial charge < -0.3 is 19.5 Å². The van der Waals surface area contributed by atoms with E-state index < -0.39 is 24.5 Å². The zero-order valence-corrected chi connectivity index (χ0v) is 21.2. The lowest BCUT2D eigenvalue weighted by Crippen LogP contribution is -2.32. The molecular weight excluding hydrogens is 460 g/mol. The first-order valence-corrected chi connectivity index (χ1v) is 10.9. The molecule has 0 aromatic heterocycles. The molecule has 10 heteroatoms. The van der Waals surface area contributed by atoms with Crippen LogP contribution in [0.2, 0.25) is 0 Å². The smallest absolute Gasteiger partial charge is 0.387 e. The number of carbonyl (C=O) groups is 2. The van der Waals surface area contributed by atoms with Crippen molar-refractivity contribution < 1.29 is 32.6 Å². The Labute approximate surface area is 203 Å². The maximum Gasteiger partial charge on any atom is 0.387 e. The number of rotatable bonds is 7. The summed E-state index contributed by atoms with van der Waals surface area (Å²) in [6.45, 7) is 8.11. The maximum absolute atomic E-state index is 13.3. The number of ether oxygens (including phenoxy) is 3. The topological polar surface area (TPSA) is 98.6 Å². The van der Waals surface area contributed by atoms with E-state index in [1.165, 1.54) is 32.4 Å². The number of halogens is 2. The predicted molar refractivity (Wildman–Crippen MR) is 127 cm³/mol. The fraction of sp³-hybridized carbons (Fsp3) is 0.480. The second-order valence-electron chi connectivity index (χ2n) is 9.10. The number of nitrogens with zero attached hydrogens (tertiary/aromatic N) is 2. The van der Waals surface area contributed by atoms with Crippen molar-refractivity contribution in [3.05, 3.63) is 46.3 Å². The highest BCUT2D eigenvalue weighted by atomic mass is 19.3. The summed E-state index contributed by atoms with van der Waals surface area (Å²) in [6.07, 6.45) is 0. The first-order valence-electron chi connectivity index (χ1n) is 10.9. The Balaban J connectivity index is 2.78. The van der Waals surface area contributed by atoms with Crippen molar-refractivity contribution in [1.82, 2.24) is 5.32 Å². The van der Waals surface area contributed by atoms with Crippen LogP contribution in [0.3, 0.4) is 0 Å². The van der Waals surface area contributed by atoms with Gasteiger partial charge >= 0.3 is 18.6 Å². The van der Waals surface area contributed by atoms with Crippen LogP contribution in [-0.2, 0) is 19.1 Å². The fourth-order valence-corrected chi connectivity index (χ4v) is 3.47. The molecule has 1 N–H and O–H groups in total. The van der Waals surface area contributed by atoms with Crippen LogP contribution in [-0.4, -0.2) is 44.8 Å². The lowest BCUT2D eigenvalue weighted by atomic mass is 9.80. The molecule has 0 amide bonds. The molecule has 0 spiro atoms. The molecule has 0 aliphatic carbocycles. The van der Waals surface area contributed by atoms with Crippen molar-refractivity contribution in [3.63, 3.8) is 0 Å². The van der Waals surface area contributed by atoms with Crippen LogP contribution in [0.5, 0.6) is 5.75 Å². The number of hydrogen-bond acceptors (Lipinski definition) is 8. The molecule has 1 heterocycles. The lowest BCUT2D eigenvalue weighted by Gasteiger charge is -2.31. The molecule has 8 nitrogen and oxygen atoms in total. The van der Waals surface area contributed by atoms with Gasteiger partial charge in [-0.05, 0) is 44.4 Å². The number of aliphatic imine (C=N–C) groups is 2. The van der Waals surface area contributed by atoms with E-state index in [2.05, 4.69) is 21.3 Å². The molecule has 0 bridgehead atoms. The van der Waals surface area contributed by atoms with Gasteiger partial charge in [-0.25, -0.2) is 14.6 Å². The highest BCUT2D eigenvalue weighted by molar-refractivity contribution is 6.00. The van der Waals surface area contributed by atoms with Crippen molar-refractivity contribution in [2.24, 2.45) is 15.4 Å². The second-order valence-corrected chi connectivity index (χ2v) is 9.10. The molecule has 1 aliphatic heterocycles. The van der Waals surface area contributed by atoms with Crippen molar-refractivity contribution in [2.75, 3.05) is 14.2 Å². The molecular formula is C25H31F2N3O5. The van der Waals surface area contributed by atoms with E-state index in [-0.39, 0.29) is 33.9 Å². The summed E-state index contributed by atoms with van der Waals surface area (Å²) in [5, 5.41) is 2.96. The summed E-state index contributed by atoms with van der Waals surface area (Å²) < 4.78 is 41.2. The van der Waals surface area contributed by atoms with Crippen molar-refractivity contribution >= 4 is 23.6 Å². The number of alkyl halides is 2. The molecule has 0 saturated heterocycles. The summed E-state index contributed by atoms with van der Waals surface area (Å²) in [5.74, 6) is -2.84. The zero-order valence-electron chi connectivity index (χ0n) is 21.2. The summed E-state index contributed by atoms with van der Waals surface area (Å²) >= 11 is 0. The Hall–Kier alpha value is -3.52. The van der Waals surface area contributed by atoms with E-state index in [9.17, 15) is 18.4 Å². The van der Waals surface area contributed by atoms with E-state index >= 15 is 0 Å². The van der Waals surface area contributed by atoms with E-state index in [0.29, 0.717) is 17.1 Å². The third-order valence-corrected chi connectivity index (χ3v) is 5.78. The molecule has 1 atom stereocenters. The minimum atomic E-state index is -3.14. The molecule has 1 aromatic carbocycles. The van der Waals surface area contributed by atoms with Gasteiger partial charge in [-0.15, -0.1) is 0 Å². The highest BCUT2D eigenvalue weighted by Gasteiger charge is 2.39. The third-order valence-electron chi connectivity index (χ3n) is 5.78. The van der Waals surface area contributed by atoms with E-state index in [0.717, 1.165) is 0 Å². The summed E-state index contributed by atoms with van der Waals surface area (Å²) in [6, 6.07) is 6.77. The largest absolute Gasteiger partial charge is 0.466 e. The van der Waals surface area contributed by atoms with Crippen LogP contribution in [0, 0.1) is 5.41 Å². The predicted octanol–water partition coefficient (Wildman–Crippen LogP) is 5.11. The van der Waals surface area contributed by atoms with Crippen LogP contribution in [0.1, 0.15) is 53.0 Å². The molecule has 0 radical (unpaired) electrons. The van der Waals surface area contributed by atoms with E-state index in [1.54, 1.807) is 13.8 Å². The SMILES string of the molecule is COC(=O)C1=C(C)NC(C)=C(C(=O)OC)C1c1cc(N=C=NC(C)C(C)(C)C)ccc1OC(F)F. The Morgan fingerprint density at radius 3 is 2.06 bits per heavy atom. The van der Waals surface area contributed by atoms with Crippen molar-refractivity contribution in [3.8, 4) is 5.75 Å². The summed E-state index contributed by atoms with van der Waals surface area (Å²) in [7, 11) is 2.37. The minimum absolute atomic E-state index is 0.0498. The average molecular weight is 492 g/mol. The van der Waals surface area contributed by atoms with Gasteiger partial charge in [-0.3, -0.25) is 0 Å². The molecule has 1 aliphatic rings. The number of nitrogens with one attached hydrogen (secondary N) is 1. The van der Waals surface area contributed by atoms with E-state index in [1.807, 2.05) is 27.7 Å². The third kappa shape index (κ3) is 6.54. The molecule has 190 valence electrons. The first-order chi connectivity index (χ1) is 16.3. The summed E-state index contributed by atoms with van der Waals surface area (Å²) in [4.78, 5) is 34.0. The van der Waals surface area contributed by atoms with Crippen LogP contribution in [0.25, 0.3) is 0 Å². The van der Waals surface area contributed by atoms with Gasteiger partial charge in [-0.1, -0.05) is 20.8 Å². The van der Waals surface area contributed by atoms with Crippen molar-refractivity contribution in [2.45, 2.75) is 60.1 Å². The summed E-state index contributed by atoms with van der Waals surface area (Å²) in [5.41, 5.74) is 1.20. The average Bonchev–Trinajstić information content (AvgIpc) is 2.77. The lowest BCUT2D eigenvalue weighted by molar-refractivity contribution is -0.137. The Morgan fingerprint density at radius 1 is 1.06 bits per heavy atom. The van der Waals surface area contributed by atoms with Crippen LogP contribution >= 0.6 is 0 Å². The van der Waals surface area contributed by atoms with Crippen LogP contribution in [0.4, 0.5) is 14.5 Å². The van der Waals surface area contributed by atoms with Crippen LogP contribution < -0.4 is 10.1 Å². The number of allylic oxidation sites excluding steroid dienone is 2. The molecule has 1 aromatic rings. The number of dihydropyridines is 1. The fourth-order valence-electron chi connectivity index (χ4n) is 3.47. The molecule has 2 rings (SSSR count). The number of benzene rings is 1. The second kappa shape index (κ2) is 11.3. The van der Waals surface area contributed by atoms with Gasteiger partial charge in [-0.2, -0.15) is 13.8 Å². The molecule has 0 saturated carbocycles. The highest BCUT2D eigenvalue weighted by Crippen LogP contribution is 2.44. The first kappa shape index (κ1) is 27.7. The normalized spacial score (nSPS) is 15.3. The van der Waals surface area contributed by atoms with Crippen LogP contribution in [0.15, 0.2) is 50.7 Å². The number of methoxy groups -OCH3 is 2. The van der Waals surface area contributed by atoms with Gasteiger partial charge in [0.2, 0.25) is 0 Å². The number of carbonyl (C=O) groups excluding carboxylic acids is 2. The van der Waals surface area contributed by atoms with Gasteiger partial charge in [0.25, 0.3) is 0 Å². The van der Waals surface area contributed by atoms with Gasteiger partial charge in [0.15, 0.2) is 0 Å². The Bertz CT molecular complexity index is 1070. The molecule has 0 fully saturated rings. The minimum Gasteiger partial charge on any atom is -0.466 e. The monoisotopic (exact) mass is 491 g/mol. The Morgan fingerprint density at radius 2 is 1.60 bits per heavy atom. The molecule has 1 unspecified atom stereocenters. The van der Waals surface area contributed by atoms with Gasteiger partial charge in [0.05, 0.1) is 49.0 Å². The molecule has 35 heavy (non-hydrogen) atoms. The number of hydrogen-bond donors (Lipinski definition) is 1. The number of esters is 2. The Kier molecular flexibility index (Phi) is 8.93. The zero-order chi connectivity index (χ0) is 26.5. The van der Waals surface area contributed by atoms with Gasteiger partial charge in [0.1, 0.15) is 5.75 Å². The standard InChI is InChI=1S/C25H31F2N3O5/c1-13-19(22(31)33-7)21(20(14(2)30-13)23(32)34-8)17-11-16(9-10-18(17)35-24(26)27)29-12-28-15(3)25(4,5)6/h9-11,15,21,24,30H,1-8H3. The van der Waals surface area contributed by atoms with E-state index in [4.69, 9.17) is 14.2 Å². The quantitative estimate of drug-likeness (QED) is 0.421. The van der Waals surface area contributed by atoms with Crippen molar-refractivity contribution in [1.29, 1.82) is 0 Å². The maximum atomic E-state index is 13.3.